The van der Waals surface area contributed by atoms with E-state index in [2.05, 4.69) is 49.2 Å². The molecule has 0 heterocycles. The number of anilines is 1. The molecule has 0 bridgehead atoms. The maximum atomic E-state index is 6.52. The van der Waals surface area contributed by atoms with Gasteiger partial charge in [-0.05, 0) is 37.0 Å². The van der Waals surface area contributed by atoms with Crippen LogP contribution in [0.2, 0.25) is 5.02 Å². The molecule has 0 amide bonds. The number of rotatable bonds is 8. The monoisotopic (exact) mass is 294 g/mol. The zero-order valence-electron chi connectivity index (χ0n) is 13.0. The van der Waals surface area contributed by atoms with E-state index in [1.54, 1.807) is 0 Å². The van der Waals surface area contributed by atoms with E-state index < -0.39 is 0 Å². The van der Waals surface area contributed by atoms with Crippen molar-refractivity contribution in [1.29, 1.82) is 0 Å². The highest BCUT2D eigenvalue weighted by molar-refractivity contribution is 6.33. The first-order valence-electron chi connectivity index (χ1n) is 7.90. The third-order valence-corrected chi connectivity index (χ3v) is 4.08. The van der Waals surface area contributed by atoms with Gasteiger partial charge in [-0.2, -0.15) is 0 Å². The Balaban J connectivity index is 2.06. The molecule has 1 fully saturated rings. The van der Waals surface area contributed by atoms with E-state index in [1.807, 2.05) is 0 Å². The average Bonchev–Trinajstić information content (AvgIpc) is 3.23. The largest absolute Gasteiger partial charge is 0.367 e. The van der Waals surface area contributed by atoms with Gasteiger partial charge < -0.3 is 10.2 Å². The summed E-state index contributed by atoms with van der Waals surface area (Å²) in [6, 6.07) is 7.75. The van der Waals surface area contributed by atoms with Crippen molar-refractivity contribution in [2.24, 2.45) is 0 Å². The minimum absolute atomic E-state index is 0.501. The third kappa shape index (κ3) is 4.39. The molecular formula is C17H27ClN2. The zero-order chi connectivity index (χ0) is 14.5. The second-order valence-electron chi connectivity index (χ2n) is 6.10. The molecular weight excluding hydrogens is 268 g/mol. The molecule has 112 valence electrons. The molecule has 0 atom stereocenters. The van der Waals surface area contributed by atoms with E-state index >= 15 is 0 Å². The normalized spacial score (nSPS) is 14.8. The fraction of sp³-hybridized carbons (Fsp3) is 0.647. The van der Waals surface area contributed by atoms with Crippen molar-refractivity contribution in [1.82, 2.24) is 5.32 Å². The van der Waals surface area contributed by atoms with Crippen LogP contribution in [0.15, 0.2) is 18.2 Å². The molecule has 2 rings (SSSR count). The second kappa shape index (κ2) is 7.33. The van der Waals surface area contributed by atoms with Gasteiger partial charge in [-0.25, -0.2) is 0 Å². The molecule has 20 heavy (non-hydrogen) atoms. The molecule has 1 N–H and O–H groups in total. The summed E-state index contributed by atoms with van der Waals surface area (Å²) >= 11 is 6.52. The fourth-order valence-corrected chi connectivity index (χ4v) is 2.74. The van der Waals surface area contributed by atoms with Crippen LogP contribution in [0, 0.1) is 0 Å². The molecule has 1 aromatic rings. The van der Waals surface area contributed by atoms with E-state index in [0.717, 1.165) is 24.2 Å². The van der Waals surface area contributed by atoms with Gasteiger partial charge in [0.1, 0.15) is 0 Å². The lowest BCUT2D eigenvalue weighted by Crippen LogP contribution is -2.27. The summed E-state index contributed by atoms with van der Waals surface area (Å²) in [7, 11) is 0. The van der Waals surface area contributed by atoms with Crippen LogP contribution in [0.4, 0.5) is 5.69 Å². The van der Waals surface area contributed by atoms with Crippen molar-refractivity contribution in [2.45, 2.75) is 65.1 Å². The average molecular weight is 295 g/mol. The second-order valence-corrected chi connectivity index (χ2v) is 6.51. The first-order valence-corrected chi connectivity index (χ1v) is 8.28. The van der Waals surface area contributed by atoms with Crippen LogP contribution in [0.5, 0.6) is 0 Å². The summed E-state index contributed by atoms with van der Waals surface area (Å²) in [4.78, 5) is 2.51. The van der Waals surface area contributed by atoms with Crippen molar-refractivity contribution < 1.29 is 0 Å². The summed E-state index contributed by atoms with van der Waals surface area (Å²) < 4.78 is 0. The van der Waals surface area contributed by atoms with Crippen molar-refractivity contribution in [2.75, 3.05) is 11.4 Å². The van der Waals surface area contributed by atoms with Crippen LogP contribution < -0.4 is 10.2 Å². The van der Waals surface area contributed by atoms with Crippen LogP contribution in [-0.2, 0) is 6.54 Å². The standard InChI is InChI=1S/C17H27ClN2/c1-4-5-10-20(15-7-8-15)17-9-6-14(11-16(17)18)12-19-13(2)3/h6,9,11,13,15,19H,4-5,7-8,10,12H2,1-3H3. The molecule has 3 heteroatoms. The highest BCUT2D eigenvalue weighted by Crippen LogP contribution is 2.36. The van der Waals surface area contributed by atoms with Gasteiger partial charge in [0.2, 0.25) is 0 Å². The molecule has 0 spiro atoms. The molecule has 0 radical (unpaired) electrons. The zero-order valence-corrected chi connectivity index (χ0v) is 13.7. The lowest BCUT2D eigenvalue weighted by atomic mass is 10.1. The summed E-state index contributed by atoms with van der Waals surface area (Å²) in [5.41, 5.74) is 2.48. The smallest absolute Gasteiger partial charge is 0.0642 e. The molecule has 2 nitrogen and oxygen atoms in total. The van der Waals surface area contributed by atoms with Gasteiger partial charge >= 0.3 is 0 Å². The van der Waals surface area contributed by atoms with Gasteiger partial charge in [0.25, 0.3) is 0 Å². The van der Waals surface area contributed by atoms with Crippen LogP contribution >= 0.6 is 11.6 Å². The maximum Gasteiger partial charge on any atom is 0.0642 e. The molecule has 0 aliphatic heterocycles. The highest BCUT2D eigenvalue weighted by atomic mass is 35.5. The Morgan fingerprint density at radius 2 is 2.10 bits per heavy atom. The summed E-state index contributed by atoms with van der Waals surface area (Å²) in [6.45, 7) is 8.58. The topological polar surface area (TPSA) is 15.3 Å². The molecule has 1 saturated carbocycles. The molecule has 1 aliphatic carbocycles. The molecule has 1 aliphatic rings. The van der Waals surface area contributed by atoms with Crippen molar-refractivity contribution in [3.8, 4) is 0 Å². The van der Waals surface area contributed by atoms with Crippen LogP contribution in [-0.4, -0.2) is 18.6 Å². The third-order valence-electron chi connectivity index (χ3n) is 3.78. The fourth-order valence-electron chi connectivity index (χ4n) is 2.43. The maximum absolute atomic E-state index is 6.52. The van der Waals surface area contributed by atoms with Gasteiger partial charge in [-0.3, -0.25) is 0 Å². The summed E-state index contributed by atoms with van der Waals surface area (Å²) in [6.07, 6.45) is 5.11. The van der Waals surface area contributed by atoms with Crippen molar-refractivity contribution >= 4 is 17.3 Å². The minimum atomic E-state index is 0.501. The summed E-state index contributed by atoms with van der Waals surface area (Å²) in [5.74, 6) is 0. The minimum Gasteiger partial charge on any atom is -0.367 e. The van der Waals surface area contributed by atoms with E-state index in [1.165, 1.54) is 36.9 Å². The predicted octanol–water partition coefficient (Wildman–Crippen LogP) is 4.61. The van der Waals surface area contributed by atoms with Gasteiger partial charge in [0, 0.05) is 25.2 Å². The van der Waals surface area contributed by atoms with Gasteiger partial charge in [0.05, 0.1) is 10.7 Å². The van der Waals surface area contributed by atoms with E-state index in [4.69, 9.17) is 11.6 Å². The van der Waals surface area contributed by atoms with Crippen LogP contribution in [0.3, 0.4) is 0 Å². The van der Waals surface area contributed by atoms with E-state index in [0.29, 0.717) is 6.04 Å². The van der Waals surface area contributed by atoms with E-state index in [-0.39, 0.29) is 0 Å². The Morgan fingerprint density at radius 1 is 1.35 bits per heavy atom. The lowest BCUT2D eigenvalue weighted by Gasteiger charge is -2.26. The van der Waals surface area contributed by atoms with Crippen LogP contribution in [0.1, 0.15) is 52.0 Å². The number of nitrogens with zero attached hydrogens (tertiary/aromatic N) is 1. The van der Waals surface area contributed by atoms with Gasteiger partial charge in [-0.15, -0.1) is 0 Å². The first kappa shape index (κ1) is 15.7. The van der Waals surface area contributed by atoms with E-state index in [9.17, 15) is 0 Å². The number of halogens is 1. The Labute approximate surface area is 128 Å². The quantitative estimate of drug-likeness (QED) is 0.753. The number of unbranched alkanes of at least 4 members (excludes halogenated alkanes) is 1. The molecule has 1 aromatic carbocycles. The predicted molar refractivity (Wildman–Crippen MR) is 88.7 cm³/mol. The molecule has 0 saturated heterocycles. The summed E-state index contributed by atoms with van der Waals surface area (Å²) in [5, 5.41) is 4.33. The Morgan fingerprint density at radius 3 is 2.65 bits per heavy atom. The SMILES string of the molecule is CCCCN(c1ccc(CNC(C)C)cc1Cl)C1CC1. The number of nitrogens with one attached hydrogen (secondary N) is 1. The van der Waals surface area contributed by atoms with Gasteiger partial charge in [0.15, 0.2) is 0 Å². The highest BCUT2D eigenvalue weighted by Gasteiger charge is 2.29. The Hall–Kier alpha value is -0.730. The van der Waals surface area contributed by atoms with Crippen molar-refractivity contribution in [3.05, 3.63) is 28.8 Å². The van der Waals surface area contributed by atoms with Crippen molar-refractivity contribution in [3.63, 3.8) is 0 Å². The number of hydrogen-bond donors (Lipinski definition) is 1. The number of benzene rings is 1. The molecule has 0 aromatic heterocycles. The number of hydrogen-bond acceptors (Lipinski definition) is 2. The lowest BCUT2D eigenvalue weighted by molar-refractivity contribution is 0.589. The van der Waals surface area contributed by atoms with Gasteiger partial charge in [-0.1, -0.05) is 44.9 Å². The molecule has 0 unspecified atom stereocenters. The van der Waals surface area contributed by atoms with Crippen LogP contribution in [0.25, 0.3) is 0 Å². The Bertz CT molecular complexity index is 427. The Kier molecular flexibility index (Phi) is 5.74. The first-order chi connectivity index (χ1) is 9.61.